The number of nitrogens with one attached hydrogen (secondary N) is 1. The molecule has 0 aliphatic carbocycles. The Bertz CT molecular complexity index is 391. The van der Waals surface area contributed by atoms with Crippen molar-refractivity contribution < 1.29 is 33.3 Å². The standard InChI is InChI=1S/C16H30N2O7/c1-3-4-8-25-16(21)13(17)5-6-14(19)18-7-9-23-10-11-24-12-15(20)22-2/h13H,3-12,17H2,1-2H3,(H,18,19). The lowest BCUT2D eigenvalue weighted by molar-refractivity contribution is -0.147. The number of nitrogens with two attached hydrogens (primary N) is 1. The predicted molar refractivity (Wildman–Crippen MR) is 89.7 cm³/mol. The van der Waals surface area contributed by atoms with Gasteiger partial charge in [-0.1, -0.05) is 13.3 Å². The average Bonchev–Trinajstić information content (AvgIpc) is 2.61. The molecule has 0 aliphatic rings. The third-order valence-corrected chi connectivity index (χ3v) is 3.12. The molecule has 1 atom stereocenters. The lowest BCUT2D eigenvalue weighted by Gasteiger charge is -2.11. The lowest BCUT2D eigenvalue weighted by Crippen LogP contribution is -2.35. The molecule has 0 bridgehead atoms. The Morgan fingerprint density at radius 1 is 1.08 bits per heavy atom. The number of methoxy groups -OCH3 is 1. The Kier molecular flexibility index (Phi) is 14.7. The van der Waals surface area contributed by atoms with Crippen LogP contribution in [-0.2, 0) is 33.3 Å². The van der Waals surface area contributed by atoms with E-state index in [2.05, 4.69) is 10.1 Å². The third-order valence-electron chi connectivity index (χ3n) is 3.12. The summed E-state index contributed by atoms with van der Waals surface area (Å²) in [5, 5.41) is 2.66. The van der Waals surface area contributed by atoms with E-state index in [1.54, 1.807) is 0 Å². The van der Waals surface area contributed by atoms with E-state index in [9.17, 15) is 14.4 Å². The average molecular weight is 362 g/mol. The molecule has 1 amide bonds. The number of amides is 1. The van der Waals surface area contributed by atoms with Gasteiger partial charge in [0.05, 0.1) is 33.5 Å². The second-order valence-corrected chi connectivity index (χ2v) is 5.26. The van der Waals surface area contributed by atoms with Crippen LogP contribution in [0, 0.1) is 0 Å². The normalized spacial score (nSPS) is 11.6. The molecule has 0 aromatic carbocycles. The highest BCUT2D eigenvalue weighted by Crippen LogP contribution is 1.99. The zero-order valence-corrected chi connectivity index (χ0v) is 15.1. The van der Waals surface area contributed by atoms with E-state index in [1.165, 1.54) is 7.11 Å². The van der Waals surface area contributed by atoms with Crippen molar-refractivity contribution in [3.05, 3.63) is 0 Å². The number of esters is 2. The summed E-state index contributed by atoms with van der Waals surface area (Å²) in [5.74, 6) is -1.13. The fourth-order valence-corrected chi connectivity index (χ4v) is 1.61. The van der Waals surface area contributed by atoms with Gasteiger partial charge in [-0.2, -0.15) is 0 Å². The summed E-state index contributed by atoms with van der Waals surface area (Å²) in [4.78, 5) is 33.9. The van der Waals surface area contributed by atoms with Gasteiger partial charge in [0.1, 0.15) is 12.6 Å². The second-order valence-electron chi connectivity index (χ2n) is 5.26. The van der Waals surface area contributed by atoms with Crippen LogP contribution in [0.4, 0.5) is 0 Å². The molecule has 0 spiro atoms. The van der Waals surface area contributed by atoms with E-state index < -0.39 is 18.0 Å². The highest BCUT2D eigenvalue weighted by Gasteiger charge is 2.16. The van der Waals surface area contributed by atoms with Gasteiger partial charge in [0, 0.05) is 13.0 Å². The molecule has 0 saturated heterocycles. The van der Waals surface area contributed by atoms with E-state index in [0.29, 0.717) is 26.4 Å². The summed E-state index contributed by atoms with van der Waals surface area (Å²) in [7, 11) is 1.28. The number of ether oxygens (including phenoxy) is 4. The summed E-state index contributed by atoms with van der Waals surface area (Å²) < 4.78 is 19.6. The molecule has 0 heterocycles. The second kappa shape index (κ2) is 15.8. The van der Waals surface area contributed by atoms with Gasteiger partial charge >= 0.3 is 11.9 Å². The summed E-state index contributed by atoms with van der Waals surface area (Å²) in [6.07, 6.45) is 2.11. The fraction of sp³-hybridized carbons (Fsp3) is 0.812. The largest absolute Gasteiger partial charge is 0.467 e. The number of hydrogen-bond acceptors (Lipinski definition) is 8. The maximum absolute atomic E-state index is 11.6. The predicted octanol–water partition coefficient (Wildman–Crippen LogP) is -0.240. The van der Waals surface area contributed by atoms with Crippen LogP contribution in [0.25, 0.3) is 0 Å². The molecule has 25 heavy (non-hydrogen) atoms. The number of hydrogen-bond donors (Lipinski definition) is 2. The molecule has 1 unspecified atom stereocenters. The fourth-order valence-electron chi connectivity index (χ4n) is 1.61. The van der Waals surface area contributed by atoms with Gasteiger partial charge in [0.15, 0.2) is 0 Å². The van der Waals surface area contributed by atoms with Crippen LogP contribution in [0.5, 0.6) is 0 Å². The van der Waals surface area contributed by atoms with Crippen LogP contribution in [-0.4, -0.2) is 70.6 Å². The van der Waals surface area contributed by atoms with E-state index in [0.717, 1.165) is 12.8 Å². The Hall–Kier alpha value is -1.71. The van der Waals surface area contributed by atoms with Crippen molar-refractivity contribution in [2.24, 2.45) is 5.73 Å². The molecule has 0 fully saturated rings. The molecular weight excluding hydrogens is 332 g/mol. The Labute approximate surface area is 148 Å². The van der Waals surface area contributed by atoms with E-state index in [-0.39, 0.29) is 32.0 Å². The first-order valence-electron chi connectivity index (χ1n) is 8.42. The van der Waals surface area contributed by atoms with Crippen LogP contribution in [0.3, 0.4) is 0 Å². The minimum Gasteiger partial charge on any atom is -0.467 e. The van der Waals surface area contributed by atoms with Crippen LogP contribution >= 0.6 is 0 Å². The van der Waals surface area contributed by atoms with Crippen LogP contribution in [0.2, 0.25) is 0 Å². The van der Waals surface area contributed by atoms with Gasteiger partial charge in [0.25, 0.3) is 0 Å². The highest BCUT2D eigenvalue weighted by molar-refractivity contribution is 5.79. The summed E-state index contributed by atoms with van der Waals surface area (Å²) >= 11 is 0. The molecule has 0 rings (SSSR count). The van der Waals surface area contributed by atoms with Crippen molar-refractivity contribution in [1.29, 1.82) is 0 Å². The number of carbonyl (C=O) groups is 3. The maximum atomic E-state index is 11.6. The van der Waals surface area contributed by atoms with Crippen LogP contribution in [0.1, 0.15) is 32.6 Å². The zero-order valence-electron chi connectivity index (χ0n) is 15.1. The first kappa shape index (κ1) is 23.3. The topological polar surface area (TPSA) is 126 Å². The van der Waals surface area contributed by atoms with Crippen molar-refractivity contribution in [3.63, 3.8) is 0 Å². The van der Waals surface area contributed by atoms with Gasteiger partial charge in [-0.25, -0.2) is 4.79 Å². The molecular formula is C16H30N2O7. The zero-order chi connectivity index (χ0) is 18.9. The Balaban J connectivity index is 3.52. The molecule has 146 valence electrons. The third kappa shape index (κ3) is 14.3. The van der Waals surface area contributed by atoms with Gasteiger partial charge in [-0.15, -0.1) is 0 Å². The Morgan fingerprint density at radius 3 is 2.48 bits per heavy atom. The van der Waals surface area contributed by atoms with Crippen molar-refractivity contribution in [2.45, 2.75) is 38.6 Å². The summed E-state index contributed by atoms with van der Waals surface area (Å²) in [6, 6.07) is -0.786. The minimum atomic E-state index is -0.786. The molecule has 3 N–H and O–H groups in total. The Morgan fingerprint density at radius 2 is 1.80 bits per heavy atom. The molecule has 0 aromatic rings. The minimum absolute atomic E-state index is 0.113. The highest BCUT2D eigenvalue weighted by atomic mass is 16.6. The van der Waals surface area contributed by atoms with Crippen molar-refractivity contribution in [2.75, 3.05) is 46.7 Å². The van der Waals surface area contributed by atoms with Crippen molar-refractivity contribution >= 4 is 17.8 Å². The van der Waals surface area contributed by atoms with E-state index >= 15 is 0 Å². The quantitative estimate of drug-likeness (QED) is 0.302. The van der Waals surface area contributed by atoms with Gasteiger partial charge < -0.3 is 30.0 Å². The number of unbranched alkanes of at least 4 members (excludes halogenated alkanes) is 1. The van der Waals surface area contributed by atoms with Gasteiger partial charge in [0.2, 0.25) is 5.91 Å². The maximum Gasteiger partial charge on any atom is 0.331 e. The SMILES string of the molecule is CCCCOC(=O)C(N)CCC(=O)NCCOCCOCC(=O)OC. The molecule has 0 saturated carbocycles. The number of carbonyl (C=O) groups excluding carboxylic acids is 3. The van der Waals surface area contributed by atoms with E-state index in [1.807, 2.05) is 6.92 Å². The van der Waals surface area contributed by atoms with Gasteiger partial charge in [-0.05, 0) is 12.8 Å². The summed E-state index contributed by atoms with van der Waals surface area (Å²) in [5.41, 5.74) is 5.68. The first-order chi connectivity index (χ1) is 12.0. The monoisotopic (exact) mass is 362 g/mol. The van der Waals surface area contributed by atoms with E-state index in [4.69, 9.17) is 19.9 Å². The summed E-state index contributed by atoms with van der Waals surface area (Å²) in [6.45, 7) is 3.47. The molecule has 0 aliphatic heterocycles. The van der Waals surface area contributed by atoms with Gasteiger partial charge in [-0.3, -0.25) is 9.59 Å². The molecule has 0 aromatic heterocycles. The van der Waals surface area contributed by atoms with Crippen molar-refractivity contribution in [3.8, 4) is 0 Å². The smallest absolute Gasteiger partial charge is 0.331 e. The molecule has 9 heteroatoms. The molecule has 9 nitrogen and oxygen atoms in total. The number of rotatable bonds is 15. The first-order valence-corrected chi connectivity index (χ1v) is 8.42. The van der Waals surface area contributed by atoms with Crippen LogP contribution < -0.4 is 11.1 Å². The van der Waals surface area contributed by atoms with Crippen molar-refractivity contribution in [1.82, 2.24) is 5.32 Å². The van der Waals surface area contributed by atoms with Crippen LogP contribution in [0.15, 0.2) is 0 Å². The lowest BCUT2D eigenvalue weighted by atomic mass is 10.1. The molecule has 0 radical (unpaired) electrons.